The summed E-state index contributed by atoms with van der Waals surface area (Å²) in [5.41, 5.74) is 0.868. The van der Waals surface area contributed by atoms with E-state index in [0.717, 1.165) is 5.56 Å². The smallest absolute Gasteiger partial charge is 0.326 e. The summed E-state index contributed by atoms with van der Waals surface area (Å²) in [4.78, 5) is 23.1. The van der Waals surface area contributed by atoms with Crippen LogP contribution in [0.3, 0.4) is 0 Å². The van der Waals surface area contributed by atoms with Gasteiger partial charge in [-0.25, -0.2) is 4.79 Å². The fourth-order valence-corrected chi connectivity index (χ4v) is 1.84. The minimum absolute atomic E-state index is 0.235. The third-order valence-corrected chi connectivity index (χ3v) is 3.23. The number of methoxy groups -OCH3 is 1. The van der Waals surface area contributed by atoms with Gasteiger partial charge in [-0.3, -0.25) is 4.79 Å². The molecule has 6 nitrogen and oxygen atoms in total. The zero-order valence-electron chi connectivity index (χ0n) is 13.6. The number of aliphatic carboxylic acids is 1. The minimum Gasteiger partial charge on any atom is -0.497 e. The fourth-order valence-electron chi connectivity index (χ4n) is 1.84. The Morgan fingerprint density at radius 3 is 2.74 bits per heavy atom. The first-order chi connectivity index (χ1) is 11.0. The zero-order valence-corrected chi connectivity index (χ0v) is 13.6. The number of allylic oxidation sites excluding steroid dienone is 1. The highest BCUT2D eigenvalue weighted by atomic mass is 16.5. The third-order valence-electron chi connectivity index (χ3n) is 3.23. The van der Waals surface area contributed by atoms with Crippen molar-refractivity contribution in [2.24, 2.45) is 0 Å². The van der Waals surface area contributed by atoms with E-state index < -0.39 is 24.0 Å². The van der Waals surface area contributed by atoms with E-state index in [0.29, 0.717) is 5.75 Å². The number of carboxylic acid groups (broad SMARTS) is 1. The normalized spacial score (nSPS) is 13.5. The monoisotopic (exact) mass is 321 g/mol. The van der Waals surface area contributed by atoms with Crippen LogP contribution in [0.4, 0.5) is 0 Å². The van der Waals surface area contributed by atoms with Crippen LogP contribution in [-0.4, -0.2) is 36.2 Å². The van der Waals surface area contributed by atoms with Gasteiger partial charge in [0.25, 0.3) is 0 Å². The molecule has 2 N–H and O–H groups in total. The van der Waals surface area contributed by atoms with Crippen LogP contribution >= 0.6 is 0 Å². The Kier molecular flexibility index (Phi) is 7.83. The largest absolute Gasteiger partial charge is 0.497 e. The standard InChI is InChI=1S/C17H23NO5/c1-4-5-9-15(17(20)21)18-16(19)12(2)23-11-13-7-6-8-14(10-13)22-3/h4-8,10,12,15H,9,11H2,1-3H3,(H,18,19)(H,20,21)/b5-4+. The number of benzene rings is 1. The Bertz CT molecular complexity index is 556. The molecule has 0 aliphatic heterocycles. The molecule has 1 amide bonds. The maximum Gasteiger partial charge on any atom is 0.326 e. The van der Waals surface area contributed by atoms with Crippen LogP contribution in [0.25, 0.3) is 0 Å². The highest BCUT2D eigenvalue weighted by molar-refractivity contribution is 5.86. The number of hydrogen-bond donors (Lipinski definition) is 2. The first-order valence-corrected chi connectivity index (χ1v) is 7.36. The van der Waals surface area contributed by atoms with Crippen molar-refractivity contribution in [1.29, 1.82) is 0 Å². The summed E-state index contributed by atoms with van der Waals surface area (Å²) in [7, 11) is 1.58. The molecule has 0 bridgehead atoms. The van der Waals surface area contributed by atoms with Crippen molar-refractivity contribution in [3.05, 3.63) is 42.0 Å². The van der Waals surface area contributed by atoms with Crippen LogP contribution in [0, 0.1) is 0 Å². The molecule has 0 saturated carbocycles. The molecule has 126 valence electrons. The van der Waals surface area contributed by atoms with Crippen molar-refractivity contribution < 1.29 is 24.2 Å². The number of ether oxygens (including phenoxy) is 2. The molecule has 0 fully saturated rings. The van der Waals surface area contributed by atoms with Gasteiger partial charge in [-0.05, 0) is 38.0 Å². The van der Waals surface area contributed by atoms with Crippen LogP contribution in [0.1, 0.15) is 25.8 Å². The second kappa shape index (κ2) is 9.63. The molecule has 1 aromatic rings. The molecule has 2 unspecified atom stereocenters. The van der Waals surface area contributed by atoms with Crippen molar-refractivity contribution in [2.75, 3.05) is 7.11 Å². The average molecular weight is 321 g/mol. The van der Waals surface area contributed by atoms with Gasteiger partial charge in [0, 0.05) is 0 Å². The van der Waals surface area contributed by atoms with Gasteiger partial charge in [-0.2, -0.15) is 0 Å². The van der Waals surface area contributed by atoms with Crippen LogP contribution in [-0.2, 0) is 20.9 Å². The topological polar surface area (TPSA) is 84.9 Å². The molecule has 6 heteroatoms. The molecule has 0 spiro atoms. The Morgan fingerprint density at radius 1 is 1.39 bits per heavy atom. The summed E-state index contributed by atoms with van der Waals surface area (Å²) in [5.74, 6) is -0.818. The Hall–Kier alpha value is -2.34. The molecular formula is C17H23NO5. The lowest BCUT2D eigenvalue weighted by molar-refractivity contribution is -0.144. The Morgan fingerprint density at radius 2 is 2.13 bits per heavy atom. The highest BCUT2D eigenvalue weighted by Crippen LogP contribution is 2.14. The summed E-state index contributed by atoms with van der Waals surface area (Å²) in [5, 5.41) is 11.6. The number of carbonyl (C=O) groups is 2. The van der Waals surface area contributed by atoms with Crippen molar-refractivity contribution in [3.63, 3.8) is 0 Å². The minimum atomic E-state index is -1.07. The van der Waals surface area contributed by atoms with E-state index in [4.69, 9.17) is 14.6 Å². The molecule has 23 heavy (non-hydrogen) atoms. The van der Waals surface area contributed by atoms with Crippen LogP contribution in [0.5, 0.6) is 5.75 Å². The van der Waals surface area contributed by atoms with Crippen molar-refractivity contribution in [2.45, 2.75) is 39.0 Å². The summed E-state index contributed by atoms with van der Waals surface area (Å²) in [6, 6.07) is 6.37. The molecule has 1 aromatic carbocycles. The molecule has 1 rings (SSSR count). The SMILES string of the molecule is C/C=C/CC(NC(=O)C(C)OCc1cccc(OC)c1)C(=O)O. The Balaban J connectivity index is 2.53. The van der Waals surface area contributed by atoms with Crippen LogP contribution in [0.2, 0.25) is 0 Å². The quantitative estimate of drug-likeness (QED) is 0.681. The van der Waals surface area contributed by atoms with Crippen LogP contribution < -0.4 is 10.1 Å². The number of carboxylic acids is 1. The first kappa shape index (κ1) is 18.7. The van der Waals surface area contributed by atoms with Gasteiger partial charge in [0.05, 0.1) is 13.7 Å². The number of nitrogens with one attached hydrogen (secondary N) is 1. The molecule has 0 heterocycles. The Labute approximate surface area is 136 Å². The van der Waals surface area contributed by atoms with E-state index in [1.807, 2.05) is 24.3 Å². The lowest BCUT2D eigenvalue weighted by Gasteiger charge is -2.17. The van der Waals surface area contributed by atoms with Gasteiger partial charge in [0.1, 0.15) is 17.9 Å². The lowest BCUT2D eigenvalue weighted by atomic mass is 10.2. The molecule has 0 aliphatic rings. The van der Waals surface area contributed by atoms with Gasteiger partial charge in [-0.15, -0.1) is 0 Å². The van der Waals surface area contributed by atoms with E-state index in [-0.39, 0.29) is 13.0 Å². The average Bonchev–Trinajstić information content (AvgIpc) is 2.56. The van der Waals surface area contributed by atoms with Gasteiger partial charge in [0.2, 0.25) is 5.91 Å². The third kappa shape index (κ3) is 6.52. The summed E-state index contributed by atoms with van der Waals surface area (Å²) >= 11 is 0. The van der Waals surface area contributed by atoms with E-state index >= 15 is 0 Å². The van der Waals surface area contributed by atoms with E-state index in [1.165, 1.54) is 0 Å². The van der Waals surface area contributed by atoms with E-state index in [9.17, 15) is 9.59 Å². The summed E-state index contributed by atoms with van der Waals surface area (Å²) in [6.07, 6.45) is 2.92. The molecule has 0 aliphatic carbocycles. The van der Waals surface area contributed by atoms with Gasteiger partial charge in [0.15, 0.2) is 0 Å². The molecule has 0 aromatic heterocycles. The molecule has 0 radical (unpaired) electrons. The maximum absolute atomic E-state index is 12.0. The summed E-state index contributed by atoms with van der Waals surface area (Å²) < 4.78 is 10.6. The predicted octanol–water partition coefficient (Wildman–Crippen LogP) is 2.14. The van der Waals surface area contributed by atoms with Gasteiger partial charge >= 0.3 is 5.97 Å². The number of amides is 1. The highest BCUT2D eigenvalue weighted by Gasteiger charge is 2.22. The fraction of sp³-hybridized carbons (Fsp3) is 0.412. The maximum atomic E-state index is 12.0. The van der Waals surface area contributed by atoms with E-state index in [1.54, 1.807) is 33.1 Å². The number of hydrogen-bond acceptors (Lipinski definition) is 4. The predicted molar refractivity (Wildman–Crippen MR) is 86.2 cm³/mol. The zero-order chi connectivity index (χ0) is 17.2. The summed E-state index contributed by atoms with van der Waals surface area (Å²) in [6.45, 7) is 3.61. The number of carbonyl (C=O) groups excluding carboxylic acids is 1. The first-order valence-electron chi connectivity index (χ1n) is 7.36. The molecule has 2 atom stereocenters. The number of rotatable bonds is 9. The van der Waals surface area contributed by atoms with Crippen molar-refractivity contribution in [1.82, 2.24) is 5.32 Å². The molecular weight excluding hydrogens is 298 g/mol. The second-order valence-corrected chi connectivity index (χ2v) is 5.01. The van der Waals surface area contributed by atoms with Crippen LogP contribution in [0.15, 0.2) is 36.4 Å². The lowest BCUT2D eigenvalue weighted by Crippen LogP contribution is -2.45. The molecule has 0 saturated heterocycles. The van der Waals surface area contributed by atoms with E-state index in [2.05, 4.69) is 5.32 Å². The van der Waals surface area contributed by atoms with Crippen molar-refractivity contribution in [3.8, 4) is 5.75 Å². The second-order valence-electron chi connectivity index (χ2n) is 5.01. The van der Waals surface area contributed by atoms with Gasteiger partial charge in [-0.1, -0.05) is 24.3 Å². The van der Waals surface area contributed by atoms with Gasteiger partial charge < -0.3 is 19.9 Å². The van der Waals surface area contributed by atoms with Crippen molar-refractivity contribution >= 4 is 11.9 Å².